The van der Waals surface area contributed by atoms with Crippen LogP contribution in [-0.2, 0) is 0 Å². The Labute approximate surface area is 89.3 Å². The van der Waals surface area contributed by atoms with Crippen molar-refractivity contribution in [1.82, 2.24) is 4.90 Å². The molecule has 0 aromatic carbocycles. The van der Waals surface area contributed by atoms with Crippen molar-refractivity contribution in [2.24, 2.45) is 11.8 Å². The van der Waals surface area contributed by atoms with Gasteiger partial charge in [0.25, 0.3) is 0 Å². The normalized spacial score (nSPS) is 16.2. The van der Waals surface area contributed by atoms with E-state index in [2.05, 4.69) is 45.2 Å². The van der Waals surface area contributed by atoms with Crippen molar-refractivity contribution in [3.63, 3.8) is 0 Å². The fourth-order valence-corrected chi connectivity index (χ4v) is 1.52. The summed E-state index contributed by atoms with van der Waals surface area (Å²) in [6, 6.07) is 0. The molecule has 2 unspecified atom stereocenters. The van der Waals surface area contributed by atoms with Gasteiger partial charge in [0, 0.05) is 13.1 Å². The highest BCUT2D eigenvalue weighted by atomic mass is 32.1. The number of hydrogen-bond acceptors (Lipinski definition) is 2. The van der Waals surface area contributed by atoms with Gasteiger partial charge < -0.3 is 4.90 Å². The molecule has 0 aliphatic heterocycles. The predicted molar refractivity (Wildman–Crippen MR) is 64.6 cm³/mol. The van der Waals surface area contributed by atoms with Crippen LogP contribution in [-0.4, -0.2) is 30.3 Å². The van der Waals surface area contributed by atoms with E-state index in [4.69, 9.17) is 0 Å². The van der Waals surface area contributed by atoms with E-state index in [0.717, 1.165) is 11.7 Å². The van der Waals surface area contributed by atoms with Crippen molar-refractivity contribution in [2.45, 2.75) is 34.1 Å². The fourth-order valence-electron chi connectivity index (χ4n) is 1.40. The molecule has 0 aromatic heterocycles. The summed E-state index contributed by atoms with van der Waals surface area (Å²) < 4.78 is 0. The van der Waals surface area contributed by atoms with E-state index in [1.807, 2.05) is 0 Å². The first-order valence-corrected chi connectivity index (χ1v) is 6.10. The standard InChI is InChI=1S/C11H25NS/c1-5-10(3)7-12(6-2)8-11(4)9-13/h10-11,13H,5-9H2,1-4H3. The van der Waals surface area contributed by atoms with Gasteiger partial charge in [0.15, 0.2) is 0 Å². The minimum atomic E-state index is 0.715. The Bertz CT molecular complexity index is 105. The summed E-state index contributed by atoms with van der Waals surface area (Å²) >= 11 is 4.32. The van der Waals surface area contributed by atoms with Crippen LogP contribution in [0.4, 0.5) is 0 Å². The minimum absolute atomic E-state index is 0.715. The smallest absolute Gasteiger partial charge is 0.00148 e. The number of thiol groups is 1. The van der Waals surface area contributed by atoms with E-state index in [1.165, 1.54) is 26.1 Å². The molecule has 0 radical (unpaired) electrons. The van der Waals surface area contributed by atoms with Crippen LogP contribution in [0.2, 0.25) is 0 Å². The summed E-state index contributed by atoms with van der Waals surface area (Å²) in [7, 11) is 0. The first-order valence-electron chi connectivity index (χ1n) is 5.47. The fraction of sp³-hybridized carbons (Fsp3) is 1.00. The topological polar surface area (TPSA) is 3.24 Å². The van der Waals surface area contributed by atoms with Gasteiger partial charge in [0.1, 0.15) is 0 Å². The van der Waals surface area contributed by atoms with Crippen LogP contribution in [0.15, 0.2) is 0 Å². The quantitative estimate of drug-likeness (QED) is 0.623. The van der Waals surface area contributed by atoms with E-state index in [0.29, 0.717) is 5.92 Å². The van der Waals surface area contributed by atoms with Gasteiger partial charge in [0.05, 0.1) is 0 Å². The average Bonchev–Trinajstić information content (AvgIpc) is 2.16. The largest absolute Gasteiger partial charge is 0.303 e. The maximum atomic E-state index is 4.32. The first-order chi connectivity index (χ1) is 6.13. The minimum Gasteiger partial charge on any atom is -0.303 e. The third-order valence-electron chi connectivity index (χ3n) is 2.60. The van der Waals surface area contributed by atoms with E-state index in [-0.39, 0.29) is 0 Å². The number of nitrogens with zero attached hydrogens (tertiary/aromatic N) is 1. The molecule has 2 atom stereocenters. The molecule has 0 saturated heterocycles. The molecule has 0 amide bonds. The summed E-state index contributed by atoms with van der Waals surface area (Å²) in [5, 5.41) is 0. The SMILES string of the molecule is CCC(C)CN(CC)CC(C)CS. The van der Waals surface area contributed by atoms with Gasteiger partial charge >= 0.3 is 0 Å². The molecular weight excluding hydrogens is 178 g/mol. The summed E-state index contributed by atoms with van der Waals surface area (Å²) in [6.07, 6.45) is 1.28. The molecule has 1 nitrogen and oxygen atoms in total. The summed E-state index contributed by atoms with van der Waals surface area (Å²) in [5.74, 6) is 2.54. The summed E-state index contributed by atoms with van der Waals surface area (Å²) in [4.78, 5) is 2.54. The molecule has 0 rings (SSSR count). The molecule has 0 aliphatic rings. The number of rotatable bonds is 7. The molecule has 80 valence electrons. The summed E-state index contributed by atoms with van der Waals surface area (Å²) in [5.41, 5.74) is 0. The highest BCUT2D eigenvalue weighted by molar-refractivity contribution is 7.80. The van der Waals surface area contributed by atoms with Crippen molar-refractivity contribution in [2.75, 3.05) is 25.4 Å². The molecule has 2 heteroatoms. The molecule has 0 aliphatic carbocycles. The lowest BCUT2D eigenvalue weighted by Crippen LogP contribution is -2.32. The van der Waals surface area contributed by atoms with Gasteiger partial charge in [0.2, 0.25) is 0 Å². The molecule has 0 saturated carbocycles. The zero-order chi connectivity index (χ0) is 10.3. The van der Waals surface area contributed by atoms with Gasteiger partial charge in [-0.1, -0.05) is 34.1 Å². The van der Waals surface area contributed by atoms with Gasteiger partial charge in [-0.15, -0.1) is 0 Å². The van der Waals surface area contributed by atoms with Crippen LogP contribution < -0.4 is 0 Å². The van der Waals surface area contributed by atoms with Gasteiger partial charge in [-0.3, -0.25) is 0 Å². The second kappa shape index (κ2) is 7.69. The monoisotopic (exact) mass is 203 g/mol. The zero-order valence-electron chi connectivity index (χ0n) is 9.58. The van der Waals surface area contributed by atoms with Crippen molar-refractivity contribution in [3.05, 3.63) is 0 Å². The lowest BCUT2D eigenvalue weighted by molar-refractivity contribution is 0.223. The Morgan fingerprint density at radius 2 is 1.62 bits per heavy atom. The lowest BCUT2D eigenvalue weighted by atomic mass is 10.1. The highest BCUT2D eigenvalue weighted by Gasteiger charge is 2.09. The molecule has 0 spiro atoms. The Morgan fingerprint density at radius 1 is 1.08 bits per heavy atom. The molecule has 0 fully saturated rings. The van der Waals surface area contributed by atoms with Gasteiger partial charge in [-0.2, -0.15) is 12.6 Å². The van der Waals surface area contributed by atoms with Crippen molar-refractivity contribution in [1.29, 1.82) is 0 Å². The van der Waals surface area contributed by atoms with Crippen molar-refractivity contribution < 1.29 is 0 Å². The second-order valence-corrected chi connectivity index (χ2v) is 4.52. The van der Waals surface area contributed by atoms with Crippen LogP contribution in [0, 0.1) is 11.8 Å². The molecule has 0 bridgehead atoms. The van der Waals surface area contributed by atoms with Gasteiger partial charge in [-0.05, 0) is 24.1 Å². The van der Waals surface area contributed by atoms with Crippen LogP contribution in [0.3, 0.4) is 0 Å². The third-order valence-corrected chi connectivity index (χ3v) is 3.22. The second-order valence-electron chi connectivity index (χ2n) is 4.15. The Morgan fingerprint density at radius 3 is 2.00 bits per heavy atom. The molecule has 0 heterocycles. The number of hydrogen-bond donors (Lipinski definition) is 1. The van der Waals surface area contributed by atoms with Crippen LogP contribution in [0.25, 0.3) is 0 Å². The molecule has 0 aromatic rings. The van der Waals surface area contributed by atoms with Crippen LogP contribution in [0.1, 0.15) is 34.1 Å². The molecule has 0 N–H and O–H groups in total. The highest BCUT2D eigenvalue weighted by Crippen LogP contribution is 2.07. The Hall–Kier alpha value is 0.310. The van der Waals surface area contributed by atoms with Crippen molar-refractivity contribution >= 4 is 12.6 Å². The van der Waals surface area contributed by atoms with E-state index in [9.17, 15) is 0 Å². The zero-order valence-corrected chi connectivity index (χ0v) is 10.5. The molecular formula is C11H25NS. The maximum absolute atomic E-state index is 4.32. The lowest BCUT2D eigenvalue weighted by Gasteiger charge is -2.26. The Balaban J connectivity index is 3.74. The van der Waals surface area contributed by atoms with Crippen LogP contribution >= 0.6 is 12.6 Å². The Kier molecular flexibility index (Phi) is 7.87. The van der Waals surface area contributed by atoms with Crippen molar-refractivity contribution in [3.8, 4) is 0 Å². The average molecular weight is 203 g/mol. The first kappa shape index (κ1) is 13.3. The van der Waals surface area contributed by atoms with Crippen LogP contribution in [0.5, 0.6) is 0 Å². The van der Waals surface area contributed by atoms with Gasteiger partial charge in [-0.25, -0.2) is 0 Å². The molecule has 13 heavy (non-hydrogen) atoms. The summed E-state index contributed by atoms with van der Waals surface area (Å²) in [6.45, 7) is 12.7. The third kappa shape index (κ3) is 6.39. The van der Waals surface area contributed by atoms with E-state index in [1.54, 1.807) is 0 Å². The predicted octanol–water partition coefficient (Wildman–Crippen LogP) is 2.92. The maximum Gasteiger partial charge on any atom is 0.00148 e. The van der Waals surface area contributed by atoms with E-state index < -0.39 is 0 Å². The van der Waals surface area contributed by atoms with E-state index >= 15 is 0 Å².